The number of methoxy groups -OCH3 is 1. The second-order valence-corrected chi connectivity index (χ2v) is 3.87. The number of hydrogen-bond donors (Lipinski definition) is 0. The van der Waals surface area contributed by atoms with E-state index in [1.54, 1.807) is 0 Å². The second kappa shape index (κ2) is 5.38. The highest BCUT2D eigenvalue weighted by atomic mass is 79.9. The van der Waals surface area contributed by atoms with E-state index in [4.69, 9.17) is 0 Å². The maximum absolute atomic E-state index is 12.5. The zero-order chi connectivity index (χ0) is 13.9. The molecule has 8 heteroatoms. The number of carbonyl (C=O) groups excluding carboxylic acids is 2. The van der Waals surface area contributed by atoms with Crippen LogP contribution in [-0.2, 0) is 20.5 Å². The molecule has 1 aromatic rings. The summed E-state index contributed by atoms with van der Waals surface area (Å²) in [6.07, 6.45) is -4.60. The summed E-state index contributed by atoms with van der Waals surface area (Å²) in [5.74, 6) is -3.10. The van der Waals surface area contributed by atoms with Gasteiger partial charge < -0.3 is 9.47 Å². The first-order valence-corrected chi connectivity index (χ1v) is 5.22. The summed E-state index contributed by atoms with van der Waals surface area (Å²) < 4.78 is 45.9. The Hall–Kier alpha value is -1.57. The van der Waals surface area contributed by atoms with Gasteiger partial charge in [0.05, 0.1) is 12.7 Å². The monoisotopic (exact) mass is 326 g/mol. The lowest BCUT2D eigenvalue weighted by Gasteiger charge is -2.10. The van der Waals surface area contributed by atoms with Crippen molar-refractivity contribution < 1.29 is 32.2 Å². The maximum atomic E-state index is 12.5. The molecule has 1 aromatic carbocycles. The quantitative estimate of drug-likeness (QED) is 0.452. The first-order valence-electron chi connectivity index (χ1n) is 4.42. The van der Waals surface area contributed by atoms with E-state index in [9.17, 15) is 22.8 Å². The van der Waals surface area contributed by atoms with Gasteiger partial charge in [0.15, 0.2) is 0 Å². The van der Waals surface area contributed by atoms with Gasteiger partial charge >= 0.3 is 18.1 Å². The molecule has 0 bridgehead atoms. The number of esters is 2. The summed E-state index contributed by atoms with van der Waals surface area (Å²) in [4.78, 5) is 21.7. The van der Waals surface area contributed by atoms with E-state index >= 15 is 0 Å². The summed E-state index contributed by atoms with van der Waals surface area (Å²) in [5.41, 5.74) is -1.02. The maximum Gasteiger partial charge on any atom is 0.422 e. The SMILES string of the molecule is COC(=O)C(=O)Oc1ccc(Br)c(C(F)(F)F)c1. The number of halogens is 4. The molecule has 0 radical (unpaired) electrons. The molecular formula is C10H6BrF3O4. The van der Waals surface area contributed by atoms with Crippen molar-refractivity contribution in [2.75, 3.05) is 7.11 Å². The standard InChI is InChI=1S/C10H6BrF3O4/c1-17-8(15)9(16)18-5-2-3-7(11)6(4-5)10(12,13)14/h2-4H,1H3. The first-order chi connectivity index (χ1) is 8.25. The third-order valence-corrected chi connectivity index (χ3v) is 2.50. The van der Waals surface area contributed by atoms with Crippen LogP contribution in [0.15, 0.2) is 22.7 Å². The summed E-state index contributed by atoms with van der Waals surface area (Å²) in [5, 5.41) is 0. The predicted octanol–water partition coefficient (Wildman–Crippen LogP) is 2.55. The van der Waals surface area contributed by atoms with Crippen LogP contribution in [0.3, 0.4) is 0 Å². The highest BCUT2D eigenvalue weighted by Crippen LogP contribution is 2.36. The molecule has 98 valence electrons. The average molecular weight is 327 g/mol. The van der Waals surface area contributed by atoms with E-state index in [0.29, 0.717) is 6.07 Å². The molecule has 0 amide bonds. The van der Waals surface area contributed by atoms with E-state index in [0.717, 1.165) is 19.2 Å². The van der Waals surface area contributed by atoms with E-state index in [1.807, 2.05) is 0 Å². The van der Waals surface area contributed by atoms with Crippen molar-refractivity contribution in [3.63, 3.8) is 0 Å². The Morgan fingerprint density at radius 1 is 1.22 bits per heavy atom. The summed E-state index contributed by atoms with van der Waals surface area (Å²) in [7, 11) is 0.951. The molecule has 0 N–H and O–H groups in total. The number of alkyl halides is 3. The van der Waals surface area contributed by atoms with Crippen LogP contribution in [0.2, 0.25) is 0 Å². The van der Waals surface area contributed by atoms with Gasteiger partial charge in [-0.25, -0.2) is 9.59 Å². The minimum Gasteiger partial charge on any atom is -0.461 e. The lowest BCUT2D eigenvalue weighted by atomic mass is 10.2. The molecule has 0 fully saturated rings. The lowest BCUT2D eigenvalue weighted by molar-refractivity contribution is -0.160. The molecule has 0 saturated heterocycles. The molecule has 0 heterocycles. The van der Waals surface area contributed by atoms with Crippen LogP contribution >= 0.6 is 15.9 Å². The molecule has 0 aliphatic heterocycles. The highest BCUT2D eigenvalue weighted by Gasteiger charge is 2.33. The molecule has 0 spiro atoms. The van der Waals surface area contributed by atoms with Gasteiger partial charge in [0, 0.05) is 4.47 Å². The van der Waals surface area contributed by atoms with Crippen molar-refractivity contribution in [3.05, 3.63) is 28.2 Å². The Bertz CT molecular complexity index is 485. The smallest absolute Gasteiger partial charge is 0.422 e. The average Bonchev–Trinajstić information content (AvgIpc) is 2.29. The van der Waals surface area contributed by atoms with Gasteiger partial charge in [0.2, 0.25) is 0 Å². The van der Waals surface area contributed by atoms with Gasteiger partial charge in [-0.15, -0.1) is 0 Å². The molecule has 0 aromatic heterocycles. The van der Waals surface area contributed by atoms with Crippen molar-refractivity contribution in [1.29, 1.82) is 0 Å². The Labute approximate surface area is 108 Å². The molecule has 0 atom stereocenters. The van der Waals surface area contributed by atoms with Crippen LogP contribution in [0.25, 0.3) is 0 Å². The van der Waals surface area contributed by atoms with Crippen molar-refractivity contribution in [3.8, 4) is 5.75 Å². The first kappa shape index (κ1) is 14.5. The zero-order valence-electron chi connectivity index (χ0n) is 8.88. The Kier molecular flexibility index (Phi) is 4.33. The minimum atomic E-state index is -4.60. The molecule has 0 saturated carbocycles. The van der Waals surface area contributed by atoms with E-state index in [2.05, 4.69) is 25.4 Å². The van der Waals surface area contributed by atoms with Crippen LogP contribution in [0, 0.1) is 0 Å². The van der Waals surface area contributed by atoms with Crippen molar-refractivity contribution >= 4 is 27.9 Å². The normalized spacial score (nSPS) is 10.9. The van der Waals surface area contributed by atoms with Gasteiger partial charge in [-0.05, 0) is 18.2 Å². The third-order valence-electron chi connectivity index (χ3n) is 1.81. The van der Waals surface area contributed by atoms with Gasteiger partial charge in [-0.3, -0.25) is 0 Å². The van der Waals surface area contributed by atoms with Gasteiger partial charge in [0.25, 0.3) is 0 Å². The number of ether oxygens (including phenoxy) is 2. The van der Waals surface area contributed by atoms with Gasteiger partial charge in [-0.1, -0.05) is 15.9 Å². The molecule has 18 heavy (non-hydrogen) atoms. The number of rotatable bonds is 1. The van der Waals surface area contributed by atoms with Crippen molar-refractivity contribution in [2.45, 2.75) is 6.18 Å². The highest BCUT2D eigenvalue weighted by molar-refractivity contribution is 9.10. The van der Waals surface area contributed by atoms with Gasteiger partial charge in [0.1, 0.15) is 5.75 Å². The van der Waals surface area contributed by atoms with Crippen LogP contribution in [0.5, 0.6) is 5.75 Å². The minimum absolute atomic E-state index is 0.201. The van der Waals surface area contributed by atoms with Gasteiger partial charge in [-0.2, -0.15) is 13.2 Å². The Balaban J connectivity index is 3.00. The Morgan fingerprint density at radius 2 is 1.83 bits per heavy atom. The molecule has 0 unspecified atom stereocenters. The molecule has 4 nitrogen and oxygen atoms in total. The van der Waals surface area contributed by atoms with E-state index < -0.39 is 29.4 Å². The summed E-state index contributed by atoms with van der Waals surface area (Å²) in [6, 6.07) is 2.77. The molecule has 0 aliphatic rings. The fourth-order valence-corrected chi connectivity index (χ4v) is 1.49. The molecular weight excluding hydrogens is 321 g/mol. The topological polar surface area (TPSA) is 52.6 Å². The third kappa shape index (κ3) is 3.46. The Morgan fingerprint density at radius 3 is 2.33 bits per heavy atom. The molecule has 1 rings (SSSR count). The summed E-state index contributed by atoms with van der Waals surface area (Å²) >= 11 is 2.72. The fraction of sp³-hybridized carbons (Fsp3) is 0.200. The van der Waals surface area contributed by atoms with Crippen LogP contribution in [0.1, 0.15) is 5.56 Å². The van der Waals surface area contributed by atoms with Crippen molar-refractivity contribution in [1.82, 2.24) is 0 Å². The van der Waals surface area contributed by atoms with E-state index in [1.165, 1.54) is 0 Å². The zero-order valence-corrected chi connectivity index (χ0v) is 10.5. The molecule has 0 aliphatic carbocycles. The van der Waals surface area contributed by atoms with Crippen LogP contribution in [0.4, 0.5) is 13.2 Å². The summed E-state index contributed by atoms with van der Waals surface area (Å²) in [6.45, 7) is 0. The van der Waals surface area contributed by atoms with Crippen LogP contribution < -0.4 is 4.74 Å². The van der Waals surface area contributed by atoms with Crippen molar-refractivity contribution in [2.24, 2.45) is 0 Å². The number of benzene rings is 1. The second-order valence-electron chi connectivity index (χ2n) is 3.02. The van der Waals surface area contributed by atoms with E-state index in [-0.39, 0.29) is 4.47 Å². The predicted molar refractivity (Wildman–Crippen MR) is 56.8 cm³/mol. The number of carbonyl (C=O) groups is 2. The number of hydrogen-bond acceptors (Lipinski definition) is 4. The van der Waals surface area contributed by atoms with Crippen LogP contribution in [-0.4, -0.2) is 19.0 Å². The largest absolute Gasteiger partial charge is 0.461 e. The fourth-order valence-electron chi connectivity index (χ4n) is 1.02. The lowest BCUT2D eigenvalue weighted by Crippen LogP contribution is -2.21.